The minimum Gasteiger partial charge on any atom is -0.408 e. The summed E-state index contributed by atoms with van der Waals surface area (Å²) in [5.74, 6) is 0. The van der Waals surface area contributed by atoms with E-state index in [1.807, 2.05) is 6.07 Å². The highest BCUT2D eigenvalue weighted by molar-refractivity contribution is 6.48. The number of hydrogen-bond donors (Lipinski definition) is 0. The lowest BCUT2D eigenvalue weighted by atomic mass is 10.2. The second-order valence-electron chi connectivity index (χ2n) is 5.32. The van der Waals surface area contributed by atoms with Crippen LogP contribution in [0.25, 0.3) is 11.8 Å². The third-order valence-electron chi connectivity index (χ3n) is 3.45. The quantitative estimate of drug-likeness (QED) is 0.770. The van der Waals surface area contributed by atoms with Crippen molar-refractivity contribution in [2.24, 2.45) is 0 Å². The molecule has 1 aromatic heterocycles. The summed E-state index contributed by atoms with van der Waals surface area (Å²) in [6.07, 6.45) is 4.52. The van der Waals surface area contributed by atoms with Crippen molar-refractivity contribution in [1.29, 1.82) is 0 Å². The van der Waals surface area contributed by atoms with E-state index in [0.717, 1.165) is 0 Å². The molecule has 1 aliphatic carbocycles. The van der Waals surface area contributed by atoms with Gasteiger partial charge in [-0.25, -0.2) is 0 Å². The van der Waals surface area contributed by atoms with Crippen molar-refractivity contribution in [3.63, 3.8) is 0 Å². The van der Waals surface area contributed by atoms with Gasteiger partial charge in [-0.05, 0) is 49.4 Å². The molecule has 0 saturated carbocycles. The molecule has 19 heavy (non-hydrogen) atoms. The van der Waals surface area contributed by atoms with E-state index in [4.69, 9.17) is 4.43 Å². The fraction of sp³-hybridized carbons (Fsp3) is 0.250. The first kappa shape index (κ1) is 12.5. The van der Waals surface area contributed by atoms with Crippen molar-refractivity contribution < 1.29 is 4.43 Å². The third-order valence-corrected chi connectivity index (χ3v) is 4.26. The Hall–Kier alpha value is -1.58. The molecule has 3 heteroatoms. The van der Waals surface area contributed by atoms with E-state index < -0.39 is 9.04 Å². The van der Waals surface area contributed by atoms with Gasteiger partial charge in [-0.2, -0.15) is 0 Å². The van der Waals surface area contributed by atoms with Crippen LogP contribution in [0.5, 0.6) is 0 Å². The van der Waals surface area contributed by atoms with Crippen molar-refractivity contribution in [3.05, 3.63) is 59.4 Å². The molecule has 98 valence electrons. The molecule has 0 radical (unpaired) electrons. The van der Waals surface area contributed by atoms with Gasteiger partial charge in [0.25, 0.3) is 0 Å². The average Bonchev–Trinajstić information content (AvgIpc) is 2.91. The van der Waals surface area contributed by atoms with E-state index in [1.54, 1.807) is 0 Å². The maximum absolute atomic E-state index is 6.22. The number of aromatic nitrogens is 1. The zero-order valence-electron chi connectivity index (χ0n) is 11.6. The zero-order valence-corrected chi connectivity index (χ0v) is 12.8. The Morgan fingerprint density at radius 1 is 1.11 bits per heavy atom. The van der Waals surface area contributed by atoms with Crippen LogP contribution in [0, 0.1) is 0 Å². The molecule has 0 aliphatic heterocycles. The molecule has 0 N–H and O–H groups in total. The molecule has 1 heterocycles. The Morgan fingerprint density at radius 2 is 1.84 bits per heavy atom. The van der Waals surface area contributed by atoms with Gasteiger partial charge in [0.2, 0.25) is 0 Å². The van der Waals surface area contributed by atoms with Gasteiger partial charge in [-0.1, -0.05) is 24.3 Å². The molecule has 1 atom stereocenters. The van der Waals surface area contributed by atoms with Crippen molar-refractivity contribution in [1.82, 2.24) is 4.57 Å². The van der Waals surface area contributed by atoms with Crippen LogP contribution in [-0.2, 0) is 4.43 Å². The van der Waals surface area contributed by atoms with Crippen LogP contribution in [0.4, 0.5) is 0 Å². The number of rotatable bonds is 3. The molecule has 1 aromatic carbocycles. The SMILES string of the molecule is CC1=Cc2ccn(-c3ccccc3)c2C1O[SiH](C)C. The fourth-order valence-corrected chi connectivity index (χ4v) is 3.54. The summed E-state index contributed by atoms with van der Waals surface area (Å²) in [7, 11) is -1.06. The summed E-state index contributed by atoms with van der Waals surface area (Å²) in [6, 6.07) is 12.6. The first-order valence-electron chi connectivity index (χ1n) is 6.77. The smallest absolute Gasteiger partial charge is 0.172 e. The summed E-state index contributed by atoms with van der Waals surface area (Å²) in [4.78, 5) is 0. The van der Waals surface area contributed by atoms with Crippen LogP contribution < -0.4 is 0 Å². The van der Waals surface area contributed by atoms with Crippen LogP contribution in [0.15, 0.2) is 48.2 Å². The lowest BCUT2D eigenvalue weighted by Gasteiger charge is -2.20. The minimum atomic E-state index is -1.06. The van der Waals surface area contributed by atoms with Crippen LogP contribution >= 0.6 is 0 Å². The number of hydrogen-bond acceptors (Lipinski definition) is 1. The minimum absolute atomic E-state index is 0.136. The summed E-state index contributed by atoms with van der Waals surface area (Å²) >= 11 is 0. The van der Waals surface area contributed by atoms with Gasteiger partial charge in [0, 0.05) is 11.9 Å². The Labute approximate surface area is 116 Å². The molecule has 0 saturated heterocycles. The van der Waals surface area contributed by atoms with Gasteiger partial charge in [0.1, 0.15) is 6.10 Å². The standard InChI is InChI=1S/C16H19NOSi/c1-12-11-13-9-10-17(14-7-5-4-6-8-14)15(13)16(12)18-19(2)3/h4-11,16,19H,1-3H3. The summed E-state index contributed by atoms with van der Waals surface area (Å²) in [6.45, 7) is 6.61. The summed E-state index contributed by atoms with van der Waals surface area (Å²) in [5, 5.41) is 0. The zero-order chi connectivity index (χ0) is 13.4. The molecule has 0 amide bonds. The lowest BCUT2D eigenvalue weighted by molar-refractivity contribution is 0.245. The number of para-hydroxylation sites is 1. The monoisotopic (exact) mass is 269 g/mol. The maximum atomic E-state index is 6.22. The van der Waals surface area contributed by atoms with Crippen LogP contribution in [0.2, 0.25) is 13.1 Å². The van der Waals surface area contributed by atoms with E-state index in [2.05, 4.69) is 67.2 Å². The molecule has 0 bridgehead atoms. The van der Waals surface area contributed by atoms with Crippen LogP contribution in [-0.4, -0.2) is 13.6 Å². The molecule has 1 unspecified atom stereocenters. The number of fused-ring (bicyclic) bond motifs is 1. The normalized spacial score (nSPS) is 17.7. The first-order valence-corrected chi connectivity index (χ1v) is 9.55. The fourth-order valence-electron chi connectivity index (χ4n) is 2.65. The van der Waals surface area contributed by atoms with Crippen molar-refractivity contribution in [3.8, 4) is 5.69 Å². The molecule has 0 fully saturated rings. The Kier molecular flexibility index (Phi) is 3.17. The maximum Gasteiger partial charge on any atom is 0.172 e. The lowest BCUT2D eigenvalue weighted by Crippen LogP contribution is -2.16. The largest absolute Gasteiger partial charge is 0.408 e. The predicted octanol–water partition coefficient (Wildman–Crippen LogP) is 3.94. The molecule has 3 rings (SSSR count). The van der Waals surface area contributed by atoms with E-state index in [9.17, 15) is 0 Å². The third kappa shape index (κ3) is 2.20. The van der Waals surface area contributed by atoms with E-state index >= 15 is 0 Å². The molecule has 0 spiro atoms. The molecule has 1 aliphatic rings. The number of benzene rings is 1. The van der Waals surface area contributed by atoms with Gasteiger partial charge < -0.3 is 8.99 Å². The van der Waals surface area contributed by atoms with Crippen molar-refractivity contribution in [2.75, 3.05) is 0 Å². The highest BCUT2D eigenvalue weighted by Crippen LogP contribution is 2.39. The predicted molar refractivity (Wildman–Crippen MR) is 82.1 cm³/mol. The Bertz CT molecular complexity index is 613. The van der Waals surface area contributed by atoms with Crippen LogP contribution in [0.1, 0.15) is 24.3 Å². The van der Waals surface area contributed by atoms with Crippen molar-refractivity contribution in [2.45, 2.75) is 26.1 Å². The highest BCUT2D eigenvalue weighted by Gasteiger charge is 2.27. The van der Waals surface area contributed by atoms with E-state index in [1.165, 1.54) is 22.5 Å². The van der Waals surface area contributed by atoms with E-state index in [-0.39, 0.29) is 6.10 Å². The van der Waals surface area contributed by atoms with E-state index in [0.29, 0.717) is 0 Å². The van der Waals surface area contributed by atoms with Gasteiger partial charge >= 0.3 is 0 Å². The second-order valence-corrected chi connectivity index (χ2v) is 7.68. The van der Waals surface area contributed by atoms with Crippen LogP contribution in [0.3, 0.4) is 0 Å². The van der Waals surface area contributed by atoms with Gasteiger partial charge in [-0.3, -0.25) is 0 Å². The molecule has 2 nitrogen and oxygen atoms in total. The molecular weight excluding hydrogens is 250 g/mol. The second kappa shape index (κ2) is 4.83. The van der Waals surface area contributed by atoms with Gasteiger partial charge in [0.05, 0.1) is 5.69 Å². The Morgan fingerprint density at radius 3 is 2.53 bits per heavy atom. The van der Waals surface area contributed by atoms with Gasteiger partial charge in [-0.15, -0.1) is 0 Å². The summed E-state index contributed by atoms with van der Waals surface area (Å²) in [5.41, 5.74) is 5.09. The first-order chi connectivity index (χ1) is 9.16. The van der Waals surface area contributed by atoms with Gasteiger partial charge in [0.15, 0.2) is 9.04 Å². The highest BCUT2D eigenvalue weighted by atomic mass is 28.3. The van der Waals surface area contributed by atoms with Crippen molar-refractivity contribution >= 4 is 15.1 Å². The summed E-state index contributed by atoms with van der Waals surface area (Å²) < 4.78 is 8.47. The molecule has 2 aromatic rings. The topological polar surface area (TPSA) is 14.2 Å². The average molecular weight is 269 g/mol. The Balaban J connectivity index is 2.05. The number of nitrogens with zero attached hydrogens (tertiary/aromatic N) is 1. The molecular formula is C16H19NOSi.